The van der Waals surface area contributed by atoms with E-state index in [0.29, 0.717) is 12.8 Å². The van der Waals surface area contributed by atoms with E-state index in [4.69, 9.17) is 5.11 Å². The number of carbonyl (C=O) groups is 3. The smallest absolute Gasteiger partial charge is 0.339 e. The highest BCUT2D eigenvalue weighted by atomic mass is 16.4. The molecule has 2 amide bonds. The second-order valence-corrected chi connectivity index (χ2v) is 3.85. The molecule has 0 aliphatic carbocycles. The van der Waals surface area contributed by atoms with Crippen molar-refractivity contribution in [2.75, 3.05) is 5.32 Å². The standard InChI is InChI=1S/C11H11N3O4/c15-8-4-3-7(13-8)10(16)14-9-6(11(17)18)2-1-5-12-9/h1-2,5,7H,3-4H2,(H,13,15)(H,17,18)(H,12,14,16)/t7-/m1/s1. The Kier molecular flexibility index (Phi) is 3.22. The molecule has 3 N–H and O–H groups in total. The molecule has 0 aromatic carbocycles. The van der Waals surface area contributed by atoms with Crippen LogP contribution < -0.4 is 10.6 Å². The van der Waals surface area contributed by atoms with Crippen molar-refractivity contribution in [2.45, 2.75) is 18.9 Å². The van der Waals surface area contributed by atoms with E-state index in [2.05, 4.69) is 15.6 Å². The molecule has 1 aromatic heterocycles. The van der Waals surface area contributed by atoms with E-state index in [1.807, 2.05) is 0 Å². The van der Waals surface area contributed by atoms with Gasteiger partial charge >= 0.3 is 5.97 Å². The first-order chi connectivity index (χ1) is 8.58. The van der Waals surface area contributed by atoms with Crippen LogP contribution in [0.4, 0.5) is 5.82 Å². The molecule has 94 valence electrons. The van der Waals surface area contributed by atoms with Crippen LogP contribution in [0.5, 0.6) is 0 Å². The van der Waals surface area contributed by atoms with E-state index in [0.717, 1.165) is 0 Å². The summed E-state index contributed by atoms with van der Waals surface area (Å²) in [4.78, 5) is 37.5. The van der Waals surface area contributed by atoms with Gasteiger partial charge in [0.05, 0.1) is 0 Å². The van der Waals surface area contributed by atoms with Gasteiger partial charge in [0.25, 0.3) is 0 Å². The fraction of sp³-hybridized carbons (Fsp3) is 0.273. The van der Waals surface area contributed by atoms with Gasteiger partial charge in [-0.2, -0.15) is 0 Å². The predicted octanol–water partition coefficient (Wildman–Crippen LogP) is -0.00310. The molecule has 1 fully saturated rings. The summed E-state index contributed by atoms with van der Waals surface area (Å²) in [6, 6.07) is 2.19. The van der Waals surface area contributed by atoms with Crippen LogP contribution in [0.25, 0.3) is 0 Å². The molecule has 2 heterocycles. The van der Waals surface area contributed by atoms with Gasteiger partial charge < -0.3 is 15.7 Å². The number of aromatic carboxylic acids is 1. The number of pyridine rings is 1. The number of nitrogens with one attached hydrogen (secondary N) is 2. The molecule has 1 aliphatic heterocycles. The Bertz CT molecular complexity index is 515. The Balaban J connectivity index is 2.12. The molecule has 1 aliphatic rings. The third-order valence-corrected chi connectivity index (χ3v) is 2.59. The molecule has 1 aromatic rings. The molecule has 7 nitrogen and oxygen atoms in total. The highest BCUT2D eigenvalue weighted by molar-refractivity contribution is 6.02. The van der Waals surface area contributed by atoms with Crippen LogP contribution in [0.15, 0.2) is 18.3 Å². The van der Waals surface area contributed by atoms with E-state index >= 15 is 0 Å². The summed E-state index contributed by atoms with van der Waals surface area (Å²) in [6.07, 6.45) is 2.08. The van der Waals surface area contributed by atoms with E-state index in [1.165, 1.54) is 18.3 Å². The van der Waals surface area contributed by atoms with Crippen LogP contribution in [0.2, 0.25) is 0 Å². The third-order valence-electron chi connectivity index (χ3n) is 2.59. The fourth-order valence-electron chi connectivity index (χ4n) is 1.69. The molecule has 2 rings (SSSR count). The second kappa shape index (κ2) is 4.82. The van der Waals surface area contributed by atoms with Crippen molar-refractivity contribution < 1.29 is 19.5 Å². The zero-order valence-corrected chi connectivity index (χ0v) is 9.34. The van der Waals surface area contributed by atoms with Crippen molar-refractivity contribution in [1.29, 1.82) is 0 Å². The van der Waals surface area contributed by atoms with Crippen molar-refractivity contribution in [1.82, 2.24) is 10.3 Å². The molecular weight excluding hydrogens is 238 g/mol. The number of hydrogen-bond donors (Lipinski definition) is 3. The monoisotopic (exact) mass is 249 g/mol. The number of aromatic nitrogens is 1. The SMILES string of the molecule is O=C1CC[C@H](C(=O)Nc2ncccc2C(=O)O)N1. The van der Waals surface area contributed by atoms with Crippen molar-refractivity contribution in [3.63, 3.8) is 0 Å². The maximum absolute atomic E-state index is 11.8. The first-order valence-electron chi connectivity index (χ1n) is 5.36. The normalized spacial score (nSPS) is 18.2. The average molecular weight is 249 g/mol. The maximum atomic E-state index is 11.8. The van der Waals surface area contributed by atoms with Crippen LogP contribution in [0.1, 0.15) is 23.2 Å². The van der Waals surface area contributed by atoms with Crippen molar-refractivity contribution in [3.8, 4) is 0 Å². The lowest BCUT2D eigenvalue weighted by atomic mass is 10.2. The number of hydrogen-bond acceptors (Lipinski definition) is 4. The minimum absolute atomic E-state index is 0.0175. The zero-order chi connectivity index (χ0) is 13.1. The molecule has 0 radical (unpaired) electrons. The van der Waals surface area contributed by atoms with Gasteiger partial charge in [-0.15, -0.1) is 0 Å². The van der Waals surface area contributed by atoms with Gasteiger partial charge in [-0.25, -0.2) is 9.78 Å². The summed E-state index contributed by atoms with van der Waals surface area (Å²) < 4.78 is 0. The van der Waals surface area contributed by atoms with E-state index in [-0.39, 0.29) is 17.3 Å². The summed E-state index contributed by atoms with van der Waals surface area (Å²) in [7, 11) is 0. The molecule has 1 saturated heterocycles. The van der Waals surface area contributed by atoms with Crippen molar-refractivity contribution >= 4 is 23.6 Å². The quantitative estimate of drug-likeness (QED) is 0.698. The predicted molar refractivity (Wildman–Crippen MR) is 61.0 cm³/mol. The largest absolute Gasteiger partial charge is 0.478 e. The van der Waals surface area contributed by atoms with Crippen LogP contribution in [-0.2, 0) is 9.59 Å². The van der Waals surface area contributed by atoms with Gasteiger partial charge in [0.2, 0.25) is 11.8 Å². The van der Waals surface area contributed by atoms with Crippen molar-refractivity contribution in [3.05, 3.63) is 23.9 Å². The lowest BCUT2D eigenvalue weighted by molar-refractivity contribution is -0.122. The van der Waals surface area contributed by atoms with Crippen LogP contribution in [-0.4, -0.2) is 33.9 Å². The van der Waals surface area contributed by atoms with Crippen LogP contribution in [0.3, 0.4) is 0 Å². The number of carboxylic acids is 1. The van der Waals surface area contributed by atoms with Gasteiger partial charge in [-0.1, -0.05) is 0 Å². The van der Waals surface area contributed by atoms with Crippen LogP contribution >= 0.6 is 0 Å². The summed E-state index contributed by atoms with van der Waals surface area (Å²) in [5.41, 5.74) is -0.0878. The Hall–Kier alpha value is -2.44. The highest BCUT2D eigenvalue weighted by Gasteiger charge is 2.28. The lowest BCUT2D eigenvalue weighted by Crippen LogP contribution is -2.37. The summed E-state index contributed by atoms with van der Waals surface area (Å²) >= 11 is 0. The molecular formula is C11H11N3O4. The highest BCUT2D eigenvalue weighted by Crippen LogP contribution is 2.14. The molecule has 0 bridgehead atoms. The average Bonchev–Trinajstić information content (AvgIpc) is 2.76. The Morgan fingerprint density at radius 3 is 2.89 bits per heavy atom. The van der Waals surface area contributed by atoms with E-state index < -0.39 is 17.9 Å². The first-order valence-corrected chi connectivity index (χ1v) is 5.36. The number of anilines is 1. The summed E-state index contributed by atoms with van der Waals surface area (Å²) in [5, 5.41) is 13.8. The van der Waals surface area contributed by atoms with Crippen LogP contribution in [0, 0.1) is 0 Å². The van der Waals surface area contributed by atoms with E-state index in [9.17, 15) is 14.4 Å². The van der Waals surface area contributed by atoms with Gasteiger partial charge in [-0.05, 0) is 18.6 Å². The van der Waals surface area contributed by atoms with Crippen molar-refractivity contribution in [2.24, 2.45) is 0 Å². The molecule has 0 spiro atoms. The zero-order valence-electron chi connectivity index (χ0n) is 9.34. The number of nitrogens with zero attached hydrogens (tertiary/aromatic N) is 1. The Labute approximate surface area is 102 Å². The lowest BCUT2D eigenvalue weighted by Gasteiger charge is -2.11. The number of carbonyl (C=O) groups excluding carboxylic acids is 2. The molecule has 1 atom stereocenters. The van der Waals surface area contributed by atoms with Gasteiger partial charge in [-0.3, -0.25) is 9.59 Å². The fourth-order valence-corrected chi connectivity index (χ4v) is 1.69. The third kappa shape index (κ3) is 2.45. The molecule has 0 unspecified atom stereocenters. The topological polar surface area (TPSA) is 108 Å². The summed E-state index contributed by atoms with van der Waals surface area (Å²) in [5.74, 6) is -1.83. The Morgan fingerprint density at radius 1 is 1.50 bits per heavy atom. The van der Waals surface area contributed by atoms with Gasteiger partial charge in [0.1, 0.15) is 17.4 Å². The van der Waals surface area contributed by atoms with E-state index in [1.54, 1.807) is 0 Å². The minimum atomic E-state index is -1.17. The molecule has 0 saturated carbocycles. The first kappa shape index (κ1) is 12.0. The number of amides is 2. The number of rotatable bonds is 3. The molecule has 7 heteroatoms. The summed E-state index contributed by atoms with van der Waals surface area (Å²) in [6.45, 7) is 0. The second-order valence-electron chi connectivity index (χ2n) is 3.85. The molecule has 18 heavy (non-hydrogen) atoms. The Morgan fingerprint density at radius 2 is 2.28 bits per heavy atom. The van der Waals surface area contributed by atoms with Gasteiger partial charge in [0, 0.05) is 12.6 Å². The minimum Gasteiger partial charge on any atom is -0.478 e. The number of carboxylic acid groups (broad SMARTS) is 1. The van der Waals surface area contributed by atoms with Gasteiger partial charge in [0.15, 0.2) is 0 Å². The maximum Gasteiger partial charge on any atom is 0.339 e.